The van der Waals surface area contributed by atoms with Gasteiger partial charge in [0.05, 0.1) is 18.1 Å². The molecule has 0 atom stereocenters. The minimum atomic E-state index is -3.67. The molecule has 0 aliphatic rings. The van der Waals surface area contributed by atoms with Crippen LogP contribution in [0, 0.1) is 10.8 Å². The Balaban J connectivity index is 0.000000550. The Kier molecular flexibility index (Phi) is 10.1. The topological polar surface area (TPSA) is 258 Å². The number of benzene rings is 3. The van der Waals surface area contributed by atoms with Gasteiger partial charge in [0.15, 0.2) is 5.96 Å². The van der Waals surface area contributed by atoms with Gasteiger partial charge >= 0.3 is 5.97 Å². The van der Waals surface area contributed by atoms with E-state index in [4.69, 9.17) is 31.4 Å². The van der Waals surface area contributed by atoms with Crippen LogP contribution in [0.4, 0.5) is 5.69 Å². The number of rotatable bonds is 4. The highest BCUT2D eigenvalue weighted by molar-refractivity contribution is 7.85. The van der Waals surface area contributed by atoms with E-state index in [1.165, 1.54) is 6.07 Å². The van der Waals surface area contributed by atoms with Crippen molar-refractivity contribution in [1.29, 1.82) is 10.8 Å². The number of aromatic carboxylic acids is 1. The van der Waals surface area contributed by atoms with E-state index in [2.05, 4.69) is 5.32 Å². The second-order valence-corrected chi connectivity index (χ2v) is 10.2. The molecule has 3 rings (SSSR count). The van der Waals surface area contributed by atoms with Gasteiger partial charge in [-0.2, -0.15) is 16.8 Å². The van der Waals surface area contributed by atoms with Crippen LogP contribution in [-0.4, -0.2) is 61.3 Å². The fourth-order valence-electron chi connectivity index (χ4n) is 2.86. The molecule has 3 aromatic carbocycles. The molecule has 36 heavy (non-hydrogen) atoms. The van der Waals surface area contributed by atoms with Crippen LogP contribution in [0.25, 0.3) is 21.9 Å². The van der Waals surface area contributed by atoms with Crippen LogP contribution in [0.3, 0.4) is 0 Å². The minimum Gasteiger partial charge on any atom is -0.478 e. The summed E-state index contributed by atoms with van der Waals surface area (Å²) in [4.78, 5) is 11.7. The number of carboxylic acid groups (broad SMARTS) is 1. The van der Waals surface area contributed by atoms with Gasteiger partial charge in [0, 0.05) is 16.8 Å². The summed E-state index contributed by atoms with van der Waals surface area (Å²) in [6.07, 6.45) is 1.43. The predicted molar refractivity (Wildman–Crippen MR) is 138 cm³/mol. The lowest BCUT2D eigenvalue weighted by Gasteiger charge is -2.14. The Morgan fingerprint density at radius 3 is 1.83 bits per heavy atom. The van der Waals surface area contributed by atoms with Crippen molar-refractivity contribution in [2.24, 2.45) is 11.5 Å². The van der Waals surface area contributed by atoms with Crippen LogP contribution >= 0.6 is 0 Å². The van der Waals surface area contributed by atoms with E-state index in [0.717, 1.165) is 10.8 Å². The van der Waals surface area contributed by atoms with Crippen LogP contribution < -0.4 is 16.8 Å². The zero-order valence-electron chi connectivity index (χ0n) is 19.1. The van der Waals surface area contributed by atoms with Crippen molar-refractivity contribution in [3.05, 3.63) is 65.7 Å². The van der Waals surface area contributed by atoms with Crippen LogP contribution in [0.2, 0.25) is 0 Å². The van der Waals surface area contributed by atoms with Crippen molar-refractivity contribution < 1.29 is 35.8 Å². The lowest BCUT2D eigenvalue weighted by Crippen LogP contribution is -2.21. The zero-order chi connectivity index (χ0) is 27.8. The molecule has 13 nitrogen and oxygen atoms in total. The molecule has 10 N–H and O–H groups in total. The molecule has 0 heterocycles. The molecule has 0 saturated heterocycles. The number of carboxylic acids is 1. The van der Waals surface area contributed by atoms with Crippen LogP contribution in [0.1, 0.15) is 15.9 Å². The fraction of sp³-hybridized carbons (Fsp3) is 0.0952. The van der Waals surface area contributed by atoms with Gasteiger partial charge in [0.25, 0.3) is 20.2 Å². The summed E-state index contributed by atoms with van der Waals surface area (Å²) in [5, 5.41) is 29.0. The van der Waals surface area contributed by atoms with Crippen molar-refractivity contribution in [2.75, 3.05) is 17.8 Å². The molecule has 0 radical (unpaired) electrons. The Labute approximate surface area is 207 Å². The van der Waals surface area contributed by atoms with Crippen molar-refractivity contribution in [2.45, 2.75) is 0 Å². The molecule has 15 heteroatoms. The molecule has 0 aliphatic carbocycles. The van der Waals surface area contributed by atoms with Crippen LogP contribution in [0.5, 0.6) is 0 Å². The number of fused-ring (bicyclic) bond motifs is 1. The average molecular weight is 540 g/mol. The van der Waals surface area contributed by atoms with E-state index in [-0.39, 0.29) is 17.4 Å². The predicted octanol–water partition coefficient (Wildman–Crippen LogP) is 1.80. The first-order valence-electron chi connectivity index (χ1n) is 9.57. The van der Waals surface area contributed by atoms with Crippen LogP contribution in [-0.2, 0) is 20.2 Å². The number of amidine groups is 1. The summed E-state index contributed by atoms with van der Waals surface area (Å²) < 4.78 is 51.7. The molecule has 0 spiro atoms. The van der Waals surface area contributed by atoms with E-state index in [1.54, 1.807) is 30.3 Å². The number of hydrogen-bond donors (Lipinski definition) is 8. The maximum absolute atomic E-state index is 11.7. The minimum absolute atomic E-state index is 0.0138. The molecule has 0 saturated carbocycles. The second-order valence-electron chi connectivity index (χ2n) is 7.23. The van der Waals surface area contributed by atoms with E-state index >= 15 is 0 Å². The molecule has 0 aromatic heterocycles. The lowest BCUT2D eigenvalue weighted by molar-refractivity contribution is 0.0697. The Morgan fingerprint density at radius 1 is 0.861 bits per heavy atom. The van der Waals surface area contributed by atoms with E-state index in [0.29, 0.717) is 34.9 Å². The van der Waals surface area contributed by atoms with E-state index in [9.17, 15) is 26.7 Å². The molecule has 3 aromatic rings. The Hall–Kier alpha value is -4.05. The maximum atomic E-state index is 11.7. The second kappa shape index (κ2) is 12.1. The van der Waals surface area contributed by atoms with Gasteiger partial charge < -0.3 is 21.9 Å². The molecule has 0 fully saturated rings. The van der Waals surface area contributed by atoms with Gasteiger partial charge in [0.2, 0.25) is 0 Å². The molecular formula is C21H25N5O8S2. The van der Waals surface area contributed by atoms with Crippen LogP contribution in [0.15, 0.2) is 54.6 Å². The monoisotopic (exact) mass is 539 g/mol. The highest BCUT2D eigenvalue weighted by Gasteiger charge is 2.16. The number of hydrogen-bond acceptors (Lipinski definition) is 7. The average Bonchev–Trinajstić information content (AvgIpc) is 2.70. The normalized spacial score (nSPS) is 10.8. The summed E-state index contributed by atoms with van der Waals surface area (Å²) in [6, 6.07) is 15.6. The molecule has 194 valence electrons. The Bertz CT molecular complexity index is 1470. The molecular weight excluding hydrogens is 514 g/mol. The first-order valence-corrected chi connectivity index (χ1v) is 13.3. The third-order valence-electron chi connectivity index (χ3n) is 4.00. The van der Waals surface area contributed by atoms with Crippen molar-refractivity contribution >= 4 is 54.5 Å². The molecule has 0 unspecified atom stereocenters. The van der Waals surface area contributed by atoms with Gasteiger partial charge in [-0.05, 0) is 40.6 Å². The van der Waals surface area contributed by atoms with Gasteiger partial charge in [-0.25, -0.2) is 4.79 Å². The molecule has 0 amide bonds. The first-order chi connectivity index (χ1) is 16.4. The van der Waals surface area contributed by atoms with E-state index in [1.807, 2.05) is 18.2 Å². The number of nitrogens with two attached hydrogens (primary N) is 2. The number of nitrogen functional groups attached to an aromatic ring is 1. The number of carbonyl (C=O) groups is 1. The third kappa shape index (κ3) is 10.9. The van der Waals surface area contributed by atoms with Gasteiger partial charge in [-0.1, -0.05) is 30.3 Å². The SMILES string of the molecule is CS(=O)(=O)O.CS(=O)(=O)O.N=C(N)Nc1cccc(C(=O)O)c1-c1ccc2cc(C(=N)N)ccc2c1. The quantitative estimate of drug-likeness (QED) is 0.135. The standard InChI is InChI=1S/C19H17N5O2.2CH4O3S/c20-17(21)13-7-5-10-8-12(6-4-11(10)9-13)16-14(18(25)26)2-1-3-15(16)24-19(22)23;2*1-5(2,3)4/h1-9H,(H3,20,21)(H,25,26)(H4,22,23,24);2*1H3,(H,2,3,4). The lowest BCUT2D eigenvalue weighted by atomic mass is 9.95. The smallest absolute Gasteiger partial charge is 0.336 e. The number of guanidine groups is 1. The van der Waals surface area contributed by atoms with Crippen molar-refractivity contribution in [3.8, 4) is 11.1 Å². The van der Waals surface area contributed by atoms with Gasteiger partial charge in [-0.15, -0.1) is 0 Å². The van der Waals surface area contributed by atoms with E-state index < -0.39 is 26.2 Å². The zero-order valence-corrected chi connectivity index (χ0v) is 20.7. The fourth-order valence-corrected chi connectivity index (χ4v) is 2.86. The summed E-state index contributed by atoms with van der Waals surface area (Å²) in [6.45, 7) is 0. The third-order valence-corrected chi connectivity index (χ3v) is 4.00. The molecule has 0 bridgehead atoms. The summed E-state index contributed by atoms with van der Waals surface area (Å²) in [5.41, 5.74) is 13.2. The van der Waals surface area contributed by atoms with Gasteiger partial charge in [-0.3, -0.25) is 19.9 Å². The highest BCUT2D eigenvalue weighted by atomic mass is 32.2. The largest absolute Gasteiger partial charge is 0.478 e. The summed E-state index contributed by atoms with van der Waals surface area (Å²) in [5.74, 6) is -1.36. The first kappa shape index (κ1) is 30.0. The van der Waals surface area contributed by atoms with Crippen molar-refractivity contribution in [3.63, 3.8) is 0 Å². The van der Waals surface area contributed by atoms with Gasteiger partial charge in [0.1, 0.15) is 5.84 Å². The summed E-state index contributed by atoms with van der Waals surface area (Å²) >= 11 is 0. The number of nitrogens with one attached hydrogen (secondary N) is 3. The summed E-state index contributed by atoms with van der Waals surface area (Å²) in [7, 11) is -7.33. The van der Waals surface area contributed by atoms with Crippen molar-refractivity contribution in [1.82, 2.24) is 0 Å². The Morgan fingerprint density at radius 2 is 1.36 bits per heavy atom. The molecule has 0 aliphatic heterocycles. The maximum Gasteiger partial charge on any atom is 0.336 e. The highest BCUT2D eigenvalue weighted by Crippen LogP contribution is 2.34. The number of anilines is 1.